The molecule has 0 radical (unpaired) electrons. The highest BCUT2D eigenvalue weighted by molar-refractivity contribution is 5.79. The Hall–Kier alpha value is -0.570. The van der Waals surface area contributed by atoms with Gasteiger partial charge in [-0.15, -0.1) is 0 Å². The smallest absolute Gasteiger partial charge is 0.0958 e. The molecule has 1 atom stereocenters. The van der Waals surface area contributed by atoms with Crippen molar-refractivity contribution < 1.29 is 0 Å². The zero-order valence-corrected chi connectivity index (χ0v) is 9.84. The zero-order valence-electron chi connectivity index (χ0n) is 9.84. The number of likely N-dealkylation sites (tertiary alicyclic amines) is 2. The molecule has 1 unspecified atom stereocenters. The van der Waals surface area contributed by atoms with Crippen molar-refractivity contribution in [2.45, 2.75) is 45.1 Å². The van der Waals surface area contributed by atoms with E-state index in [1.54, 1.807) is 0 Å². The maximum absolute atomic E-state index is 7.94. The number of hydrogen-bond donors (Lipinski definition) is 1. The molecule has 2 aliphatic rings. The first-order chi connectivity index (χ1) is 7.31. The van der Waals surface area contributed by atoms with Gasteiger partial charge >= 0.3 is 0 Å². The van der Waals surface area contributed by atoms with Crippen molar-refractivity contribution in [2.75, 3.05) is 26.2 Å². The molecule has 0 aromatic carbocycles. The third kappa shape index (κ3) is 2.51. The maximum atomic E-state index is 7.94. The summed E-state index contributed by atoms with van der Waals surface area (Å²) in [6.07, 6.45) is 6.18. The fourth-order valence-electron chi connectivity index (χ4n) is 2.86. The highest BCUT2D eigenvalue weighted by Gasteiger charge is 2.26. The van der Waals surface area contributed by atoms with E-state index in [1.165, 1.54) is 38.8 Å². The Morgan fingerprint density at radius 2 is 2.13 bits per heavy atom. The number of nitrogens with zero attached hydrogens (tertiary/aromatic N) is 2. The van der Waals surface area contributed by atoms with E-state index in [0.717, 1.165) is 25.3 Å². The first-order valence-corrected chi connectivity index (χ1v) is 6.37. The van der Waals surface area contributed by atoms with Crippen molar-refractivity contribution in [3.8, 4) is 0 Å². The SMILES string of the molecule is CCN1CCCC1CN1CCCCC1=N. The van der Waals surface area contributed by atoms with Gasteiger partial charge in [-0.05, 0) is 38.8 Å². The van der Waals surface area contributed by atoms with Gasteiger partial charge in [-0.3, -0.25) is 10.3 Å². The average molecular weight is 209 g/mol. The molecule has 0 bridgehead atoms. The standard InChI is InChI=1S/C12H23N3/c1-2-14-9-5-6-11(14)10-15-8-4-3-7-12(15)13/h11,13H,2-10H2,1H3. The van der Waals surface area contributed by atoms with Crippen molar-refractivity contribution >= 4 is 5.84 Å². The molecule has 2 fully saturated rings. The van der Waals surface area contributed by atoms with Gasteiger partial charge in [-0.25, -0.2) is 0 Å². The van der Waals surface area contributed by atoms with Crippen LogP contribution in [-0.2, 0) is 0 Å². The topological polar surface area (TPSA) is 30.3 Å². The molecule has 2 heterocycles. The van der Waals surface area contributed by atoms with Crippen LogP contribution >= 0.6 is 0 Å². The maximum Gasteiger partial charge on any atom is 0.0958 e. The minimum Gasteiger partial charge on any atom is -0.359 e. The summed E-state index contributed by atoms with van der Waals surface area (Å²) in [4.78, 5) is 4.88. The number of hydrogen-bond acceptors (Lipinski definition) is 2. The van der Waals surface area contributed by atoms with E-state index in [0.29, 0.717) is 6.04 Å². The Balaban J connectivity index is 1.86. The van der Waals surface area contributed by atoms with Gasteiger partial charge in [0.2, 0.25) is 0 Å². The van der Waals surface area contributed by atoms with Crippen molar-refractivity contribution in [3.05, 3.63) is 0 Å². The van der Waals surface area contributed by atoms with Crippen LogP contribution in [0, 0.1) is 5.41 Å². The summed E-state index contributed by atoms with van der Waals surface area (Å²) >= 11 is 0. The molecule has 2 aliphatic heterocycles. The third-order valence-corrected chi connectivity index (χ3v) is 3.81. The van der Waals surface area contributed by atoms with Crippen LogP contribution < -0.4 is 0 Å². The Morgan fingerprint density at radius 3 is 2.87 bits per heavy atom. The predicted octanol–water partition coefficient (Wildman–Crippen LogP) is 1.93. The summed E-state index contributed by atoms with van der Waals surface area (Å²) in [7, 11) is 0. The molecule has 3 heteroatoms. The number of rotatable bonds is 3. The van der Waals surface area contributed by atoms with Gasteiger partial charge in [0, 0.05) is 25.6 Å². The molecule has 0 spiro atoms. The molecule has 0 aromatic rings. The minimum absolute atomic E-state index is 0.716. The van der Waals surface area contributed by atoms with E-state index in [-0.39, 0.29) is 0 Å². The largest absolute Gasteiger partial charge is 0.359 e. The quantitative estimate of drug-likeness (QED) is 0.770. The molecular weight excluding hydrogens is 186 g/mol. The molecule has 0 saturated carbocycles. The number of amidine groups is 1. The van der Waals surface area contributed by atoms with Crippen molar-refractivity contribution in [1.82, 2.24) is 9.80 Å². The minimum atomic E-state index is 0.716. The van der Waals surface area contributed by atoms with Crippen molar-refractivity contribution in [3.63, 3.8) is 0 Å². The molecule has 2 saturated heterocycles. The lowest BCUT2D eigenvalue weighted by atomic mass is 10.1. The molecule has 86 valence electrons. The molecule has 1 N–H and O–H groups in total. The third-order valence-electron chi connectivity index (χ3n) is 3.81. The summed E-state index contributed by atoms with van der Waals surface area (Å²) in [6, 6.07) is 0.716. The van der Waals surface area contributed by atoms with E-state index in [1.807, 2.05) is 0 Å². The monoisotopic (exact) mass is 209 g/mol. The summed E-state index contributed by atoms with van der Waals surface area (Å²) < 4.78 is 0. The zero-order chi connectivity index (χ0) is 10.7. The van der Waals surface area contributed by atoms with Crippen molar-refractivity contribution in [2.24, 2.45) is 0 Å². The van der Waals surface area contributed by atoms with E-state index >= 15 is 0 Å². The van der Waals surface area contributed by atoms with Crippen LogP contribution in [0.5, 0.6) is 0 Å². The van der Waals surface area contributed by atoms with Crippen molar-refractivity contribution in [1.29, 1.82) is 5.41 Å². The van der Waals surface area contributed by atoms with E-state index in [2.05, 4.69) is 16.7 Å². The van der Waals surface area contributed by atoms with Gasteiger partial charge in [0.25, 0.3) is 0 Å². The van der Waals surface area contributed by atoms with Gasteiger partial charge < -0.3 is 4.90 Å². The second-order valence-corrected chi connectivity index (χ2v) is 4.77. The van der Waals surface area contributed by atoms with Crippen LogP contribution in [0.25, 0.3) is 0 Å². The van der Waals surface area contributed by atoms with Gasteiger partial charge in [0.05, 0.1) is 5.84 Å². The van der Waals surface area contributed by atoms with Gasteiger partial charge in [-0.2, -0.15) is 0 Å². The first kappa shape index (κ1) is 10.9. The van der Waals surface area contributed by atoms with Crippen LogP contribution in [-0.4, -0.2) is 47.9 Å². The van der Waals surface area contributed by atoms with Crippen LogP contribution in [0.3, 0.4) is 0 Å². The molecule has 0 aliphatic carbocycles. The van der Waals surface area contributed by atoms with Gasteiger partial charge in [0.1, 0.15) is 0 Å². The second kappa shape index (κ2) is 4.97. The van der Waals surface area contributed by atoms with Crippen LogP contribution in [0.1, 0.15) is 39.0 Å². The molecule has 0 amide bonds. The van der Waals surface area contributed by atoms with E-state index in [4.69, 9.17) is 5.41 Å². The lowest BCUT2D eigenvalue weighted by Gasteiger charge is -2.34. The van der Waals surface area contributed by atoms with Gasteiger partial charge in [-0.1, -0.05) is 6.92 Å². The van der Waals surface area contributed by atoms with E-state index in [9.17, 15) is 0 Å². The summed E-state index contributed by atoms with van der Waals surface area (Å²) in [5, 5.41) is 7.94. The number of nitrogens with one attached hydrogen (secondary N) is 1. The lowest BCUT2D eigenvalue weighted by Crippen LogP contribution is -2.44. The second-order valence-electron chi connectivity index (χ2n) is 4.77. The first-order valence-electron chi connectivity index (χ1n) is 6.37. The highest BCUT2D eigenvalue weighted by Crippen LogP contribution is 2.20. The van der Waals surface area contributed by atoms with Gasteiger partial charge in [0.15, 0.2) is 0 Å². The molecular formula is C12H23N3. The Morgan fingerprint density at radius 1 is 1.27 bits per heavy atom. The van der Waals surface area contributed by atoms with E-state index < -0.39 is 0 Å². The number of likely N-dealkylation sites (N-methyl/N-ethyl adjacent to an activating group) is 1. The van der Waals surface area contributed by atoms with Crippen LogP contribution in [0.2, 0.25) is 0 Å². The van der Waals surface area contributed by atoms with Crippen LogP contribution in [0.4, 0.5) is 0 Å². The fourth-order valence-corrected chi connectivity index (χ4v) is 2.86. The highest BCUT2D eigenvalue weighted by atomic mass is 15.2. The summed E-state index contributed by atoms with van der Waals surface area (Å²) in [5.74, 6) is 0.879. The fraction of sp³-hybridized carbons (Fsp3) is 0.917. The average Bonchev–Trinajstić information content (AvgIpc) is 2.69. The molecule has 0 aromatic heterocycles. The lowest BCUT2D eigenvalue weighted by molar-refractivity contribution is 0.214. The Labute approximate surface area is 92.9 Å². The number of piperidine rings is 1. The Kier molecular flexibility index (Phi) is 3.62. The van der Waals surface area contributed by atoms with Crippen LogP contribution in [0.15, 0.2) is 0 Å². The predicted molar refractivity (Wildman–Crippen MR) is 63.4 cm³/mol. The normalized spacial score (nSPS) is 28.7. The molecule has 15 heavy (non-hydrogen) atoms. The summed E-state index contributed by atoms with van der Waals surface area (Å²) in [6.45, 7) is 6.91. The summed E-state index contributed by atoms with van der Waals surface area (Å²) in [5.41, 5.74) is 0. The molecule has 3 nitrogen and oxygen atoms in total. The Bertz CT molecular complexity index is 227. The molecule has 2 rings (SSSR count).